The van der Waals surface area contributed by atoms with Crippen molar-refractivity contribution in [2.24, 2.45) is 4.99 Å². The molecule has 5 aromatic rings. The summed E-state index contributed by atoms with van der Waals surface area (Å²) >= 11 is 12.6. The van der Waals surface area contributed by atoms with Gasteiger partial charge in [-0.25, -0.2) is 29.5 Å². The van der Waals surface area contributed by atoms with E-state index in [1.165, 1.54) is 12.7 Å². The molecule has 1 aliphatic heterocycles. The second-order valence-electron chi connectivity index (χ2n) is 8.26. The fraction of sp³-hybridized carbons (Fsp3) is 0.200. The number of pyridine rings is 1. The van der Waals surface area contributed by atoms with Gasteiger partial charge in [0.15, 0.2) is 0 Å². The number of hydrogen-bond acceptors (Lipinski definition) is 11. The molecule has 0 saturated heterocycles. The Morgan fingerprint density at radius 3 is 2.17 bits per heavy atom. The Morgan fingerprint density at radius 2 is 1.54 bits per heavy atom. The van der Waals surface area contributed by atoms with Crippen LogP contribution in [0.2, 0.25) is 5.15 Å². The van der Waals surface area contributed by atoms with E-state index in [1.807, 2.05) is 6.07 Å². The SMILES string of the molecule is CCOC(=O)c1[nH]c2ncnc(Cl)c2c1Br.CCOC(=O)c1[nH]c2ncnc(Nc3cnc4c(c3)C=NC4)c2c1Br. The minimum Gasteiger partial charge on any atom is -0.461 e. The summed E-state index contributed by atoms with van der Waals surface area (Å²) in [7, 11) is 0. The maximum Gasteiger partial charge on any atom is 0.355 e. The fourth-order valence-corrected chi connectivity index (χ4v) is 5.53. The summed E-state index contributed by atoms with van der Waals surface area (Å²) in [6.07, 6.45) is 6.27. The number of nitrogens with one attached hydrogen (secondary N) is 3. The molecule has 0 unspecified atom stereocenters. The molecule has 13 nitrogen and oxygen atoms in total. The first-order chi connectivity index (χ1) is 19.8. The Balaban J connectivity index is 0.000000182. The summed E-state index contributed by atoms with van der Waals surface area (Å²) in [5, 5.41) is 4.75. The molecule has 0 amide bonds. The van der Waals surface area contributed by atoms with E-state index in [2.05, 4.69) is 77.1 Å². The minimum atomic E-state index is -0.455. The first-order valence-corrected chi connectivity index (χ1v) is 14.1. The monoisotopic (exact) mass is 703 g/mol. The summed E-state index contributed by atoms with van der Waals surface area (Å²) < 4.78 is 11.0. The molecule has 0 atom stereocenters. The summed E-state index contributed by atoms with van der Waals surface area (Å²) in [6.45, 7) is 4.70. The summed E-state index contributed by atoms with van der Waals surface area (Å²) in [6, 6.07) is 1.96. The van der Waals surface area contributed by atoms with Crippen LogP contribution < -0.4 is 5.32 Å². The van der Waals surface area contributed by atoms with Crippen LogP contribution in [0.15, 0.2) is 38.9 Å². The van der Waals surface area contributed by atoms with Crippen LogP contribution in [-0.4, -0.2) is 66.3 Å². The van der Waals surface area contributed by atoms with Crippen LogP contribution in [0.1, 0.15) is 46.1 Å². The molecule has 0 aromatic carbocycles. The zero-order valence-electron chi connectivity index (χ0n) is 21.5. The van der Waals surface area contributed by atoms with E-state index < -0.39 is 11.9 Å². The number of carbonyl (C=O) groups excluding carboxylic acids is 2. The van der Waals surface area contributed by atoms with Crippen molar-refractivity contribution in [1.82, 2.24) is 34.9 Å². The van der Waals surface area contributed by atoms with Crippen LogP contribution in [0.5, 0.6) is 0 Å². The van der Waals surface area contributed by atoms with Crippen LogP contribution >= 0.6 is 43.5 Å². The van der Waals surface area contributed by atoms with Crippen molar-refractivity contribution < 1.29 is 19.1 Å². The third-order valence-corrected chi connectivity index (χ3v) is 7.58. The van der Waals surface area contributed by atoms with E-state index in [0.29, 0.717) is 68.0 Å². The highest BCUT2D eigenvalue weighted by molar-refractivity contribution is 9.11. The number of hydrogen-bond donors (Lipinski definition) is 3. The quantitative estimate of drug-likeness (QED) is 0.151. The van der Waals surface area contributed by atoms with Crippen LogP contribution in [0.3, 0.4) is 0 Å². The van der Waals surface area contributed by atoms with Gasteiger partial charge >= 0.3 is 11.9 Å². The molecule has 0 aliphatic carbocycles. The molecule has 16 heteroatoms. The Labute approximate surface area is 253 Å². The smallest absolute Gasteiger partial charge is 0.355 e. The third-order valence-electron chi connectivity index (χ3n) is 5.71. The molecule has 6 rings (SSSR count). The maximum atomic E-state index is 12.1. The lowest BCUT2D eigenvalue weighted by molar-refractivity contribution is 0.0510. The van der Waals surface area contributed by atoms with Gasteiger partial charge < -0.3 is 24.8 Å². The van der Waals surface area contributed by atoms with Crippen molar-refractivity contribution in [3.63, 3.8) is 0 Å². The molecule has 0 bridgehead atoms. The molecule has 5 aromatic heterocycles. The van der Waals surface area contributed by atoms with Gasteiger partial charge in [0, 0.05) is 11.8 Å². The van der Waals surface area contributed by atoms with Gasteiger partial charge in [0.2, 0.25) is 0 Å². The lowest BCUT2D eigenvalue weighted by atomic mass is 10.2. The number of aromatic amines is 2. The van der Waals surface area contributed by atoms with Gasteiger partial charge in [0.25, 0.3) is 0 Å². The van der Waals surface area contributed by atoms with E-state index in [9.17, 15) is 9.59 Å². The molecule has 3 N–H and O–H groups in total. The minimum absolute atomic E-state index is 0.281. The van der Waals surface area contributed by atoms with Crippen LogP contribution in [0.4, 0.5) is 11.5 Å². The van der Waals surface area contributed by atoms with Gasteiger partial charge in [-0.05, 0) is 51.8 Å². The summed E-state index contributed by atoms with van der Waals surface area (Å²) in [4.78, 5) is 54.3. The largest absolute Gasteiger partial charge is 0.461 e. The number of halogens is 3. The lowest BCUT2D eigenvalue weighted by Crippen LogP contribution is -2.05. The second-order valence-corrected chi connectivity index (χ2v) is 10.2. The molecule has 0 fully saturated rings. The lowest BCUT2D eigenvalue weighted by Gasteiger charge is -2.07. The Hall–Kier alpha value is -3.95. The first kappa shape index (κ1) is 28.6. The Bertz CT molecular complexity index is 1820. The molecule has 1 aliphatic rings. The van der Waals surface area contributed by atoms with Gasteiger partial charge in [0.05, 0.1) is 57.1 Å². The van der Waals surface area contributed by atoms with Gasteiger partial charge in [-0.2, -0.15) is 0 Å². The molecule has 210 valence electrons. The Morgan fingerprint density at radius 1 is 0.927 bits per heavy atom. The number of esters is 2. The maximum absolute atomic E-state index is 12.1. The molecular weight excluding hydrogens is 686 g/mol. The zero-order valence-corrected chi connectivity index (χ0v) is 25.4. The van der Waals surface area contributed by atoms with Gasteiger partial charge in [-0.15, -0.1) is 0 Å². The Kier molecular flexibility index (Phi) is 8.56. The van der Waals surface area contributed by atoms with E-state index in [4.69, 9.17) is 21.1 Å². The highest BCUT2D eigenvalue weighted by atomic mass is 79.9. The van der Waals surface area contributed by atoms with Crippen LogP contribution in [-0.2, 0) is 16.0 Å². The number of nitrogens with zero attached hydrogens (tertiary/aromatic N) is 6. The van der Waals surface area contributed by atoms with Crippen LogP contribution in [0, 0.1) is 0 Å². The predicted octanol–water partition coefficient (Wildman–Crippen LogP) is 5.52. The van der Waals surface area contributed by atoms with Gasteiger partial charge in [-0.1, -0.05) is 11.6 Å². The molecular formula is C25H20Br2ClN9O4. The standard InChI is InChI=1S/C16H13BrN6O2.C9H7BrClN3O2/c1-2-25-16(24)13-12(17)11-14(20-7-21-15(11)23-13)22-9-3-8-4-18-6-10(8)19-5-9;1-2-16-9(15)6-5(10)4-7(11)12-3-13-8(4)14-6/h3-5,7H,2,6H2,1H3,(H2,20,21,22,23);3H,2H2,1H3,(H,12,13,14). The van der Waals surface area contributed by atoms with Crippen molar-refractivity contribution in [3.8, 4) is 0 Å². The van der Waals surface area contributed by atoms with E-state index in [0.717, 1.165) is 16.9 Å². The number of anilines is 2. The number of carbonyl (C=O) groups is 2. The molecule has 0 spiro atoms. The number of ether oxygens (including phenoxy) is 2. The number of aromatic nitrogens is 7. The normalized spacial score (nSPS) is 11.7. The molecule has 41 heavy (non-hydrogen) atoms. The summed E-state index contributed by atoms with van der Waals surface area (Å²) in [5.41, 5.74) is 4.33. The summed E-state index contributed by atoms with van der Waals surface area (Å²) in [5.74, 6) is -0.350. The molecule has 6 heterocycles. The fourth-order valence-electron chi connectivity index (χ4n) is 3.91. The zero-order chi connectivity index (χ0) is 29.1. The van der Waals surface area contributed by atoms with Crippen molar-refractivity contribution in [3.05, 3.63) is 61.7 Å². The predicted molar refractivity (Wildman–Crippen MR) is 159 cm³/mol. The van der Waals surface area contributed by atoms with Gasteiger partial charge in [-0.3, -0.25) is 9.98 Å². The van der Waals surface area contributed by atoms with Crippen molar-refractivity contribution in [2.45, 2.75) is 20.4 Å². The van der Waals surface area contributed by atoms with Crippen molar-refractivity contribution in [1.29, 1.82) is 0 Å². The van der Waals surface area contributed by atoms with Crippen LogP contribution in [0.25, 0.3) is 22.1 Å². The highest BCUT2D eigenvalue weighted by Crippen LogP contribution is 2.34. The molecule has 0 radical (unpaired) electrons. The first-order valence-electron chi connectivity index (χ1n) is 12.1. The second kappa shape index (κ2) is 12.3. The highest BCUT2D eigenvalue weighted by Gasteiger charge is 2.22. The number of aliphatic imine (C=N–C) groups is 1. The van der Waals surface area contributed by atoms with Crippen molar-refractivity contribution in [2.75, 3.05) is 18.5 Å². The van der Waals surface area contributed by atoms with E-state index in [1.54, 1.807) is 26.3 Å². The van der Waals surface area contributed by atoms with Crippen molar-refractivity contribution >= 4 is 95.2 Å². The average molecular weight is 706 g/mol. The number of H-pyrrole nitrogens is 2. The number of rotatable bonds is 6. The van der Waals surface area contributed by atoms with E-state index in [-0.39, 0.29) is 5.15 Å². The average Bonchev–Trinajstić information content (AvgIpc) is 3.66. The van der Waals surface area contributed by atoms with E-state index >= 15 is 0 Å². The third kappa shape index (κ3) is 5.78. The molecule has 0 saturated carbocycles. The van der Waals surface area contributed by atoms with Gasteiger partial charge in [0.1, 0.15) is 46.3 Å². The topological polar surface area (TPSA) is 173 Å². The number of fused-ring (bicyclic) bond motifs is 3.